The van der Waals surface area contributed by atoms with Crippen LogP contribution in [-0.2, 0) is 68.5 Å². The van der Waals surface area contributed by atoms with Crippen molar-refractivity contribution < 1.29 is 73.7 Å². The molecule has 0 aliphatic carbocycles. The largest absolute Gasteiger partial charge is 0.481 e. The summed E-state index contributed by atoms with van der Waals surface area (Å²) in [7, 11) is 1.58. The monoisotopic (exact) mass is 1080 g/mol. The van der Waals surface area contributed by atoms with Gasteiger partial charge in [-0.05, 0) is 52.4 Å². The van der Waals surface area contributed by atoms with Crippen LogP contribution in [0.1, 0.15) is 182 Å². The van der Waals surface area contributed by atoms with Gasteiger partial charge < -0.3 is 60.7 Å². The van der Waals surface area contributed by atoms with Crippen molar-refractivity contribution in [3.05, 3.63) is 18.2 Å². The van der Waals surface area contributed by atoms with Crippen molar-refractivity contribution in [2.75, 3.05) is 73.0 Å². The first-order valence-corrected chi connectivity index (χ1v) is 27.6. The molecule has 1 aromatic rings. The van der Waals surface area contributed by atoms with E-state index >= 15 is 0 Å². The second-order valence-corrected chi connectivity index (χ2v) is 18.9. The number of aryl methyl sites for hydroxylation is 1. The Balaban J connectivity index is 0. The van der Waals surface area contributed by atoms with Crippen molar-refractivity contribution in [3.63, 3.8) is 0 Å². The van der Waals surface area contributed by atoms with Crippen LogP contribution >= 0.6 is 0 Å². The van der Waals surface area contributed by atoms with Gasteiger partial charge in [0.25, 0.3) is 0 Å². The highest BCUT2D eigenvalue weighted by Gasteiger charge is 2.24. The first kappa shape index (κ1) is 70.7. The lowest BCUT2D eigenvalue weighted by atomic mass is 9.91. The Hall–Kier alpha value is -5.32. The Morgan fingerprint density at radius 3 is 1.67 bits per heavy atom. The number of rotatable bonds is 50. The van der Waals surface area contributed by atoms with Gasteiger partial charge >= 0.3 is 11.9 Å². The Kier molecular flexibility index (Phi) is 45.8. The van der Waals surface area contributed by atoms with Crippen molar-refractivity contribution >= 4 is 53.0 Å². The number of ether oxygens (including phenoxy) is 4. The number of aliphatic carboxylic acids is 2. The smallest absolute Gasteiger partial charge is 0.326 e. The number of hydrogen-bond acceptors (Lipinski definition) is 14. The number of carboxylic acids is 2. The van der Waals surface area contributed by atoms with Gasteiger partial charge in [0, 0.05) is 84.5 Å². The number of carbonyl (C=O) groups is 9. The number of imidazole rings is 1. The minimum absolute atomic E-state index is 0. The first-order chi connectivity index (χ1) is 36.6. The number of unbranched alkanes of at least 4 members (excludes halogenated alkanes) is 14. The molecule has 0 saturated heterocycles. The molecule has 1 aromatic heterocycles. The summed E-state index contributed by atoms with van der Waals surface area (Å²) in [6, 6.07) is -1.74. The Labute approximate surface area is 452 Å². The summed E-state index contributed by atoms with van der Waals surface area (Å²) >= 11 is 0. The maximum absolute atomic E-state index is 12.6. The van der Waals surface area contributed by atoms with Crippen molar-refractivity contribution in [3.8, 4) is 0 Å². The van der Waals surface area contributed by atoms with E-state index in [4.69, 9.17) is 24.1 Å². The number of H-pyrrole nitrogens is 1. The molecule has 22 nitrogen and oxygen atoms in total. The van der Waals surface area contributed by atoms with Gasteiger partial charge in [0.2, 0.25) is 29.5 Å². The van der Waals surface area contributed by atoms with Crippen LogP contribution in [0.2, 0.25) is 0 Å². The predicted molar refractivity (Wildman–Crippen MR) is 288 cm³/mol. The van der Waals surface area contributed by atoms with Crippen molar-refractivity contribution in [2.24, 2.45) is 5.92 Å². The molecule has 0 fully saturated rings. The molecule has 0 bridgehead atoms. The van der Waals surface area contributed by atoms with Crippen LogP contribution in [0.3, 0.4) is 0 Å². The number of nitrogens with zero attached hydrogens (tertiary/aromatic N) is 1. The van der Waals surface area contributed by atoms with Gasteiger partial charge in [-0.15, -0.1) is 0 Å². The van der Waals surface area contributed by atoms with Gasteiger partial charge in [0.1, 0.15) is 18.4 Å². The summed E-state index contributed by atoms with van der Waals surface area (Å²) in [5, 5.41) is 31.3. The molecule has 0 aromatic carbocycles. The van der Waals surface area contributed by atoms with Gasteiger partial charge in [-0.1, -0.05) is 90.4 Å². The average Bonchev–Trinajstić information content (AvgIpc) is 3.92. The molecule has 0 radical (unpaired) electrons. The van der Waals surface area contributed by atoms with E-state index in [1.54, 1.807) is 33.5 Å². The van der Waals surface area contributed by atoms with Gasteiger partial charge in [-0.2, -0.15) is 0 Å². The van der Waals surface area contributed by atoms with E-state index in [1.165, 1.54) is 51.9 Å². The Morgan fingerprint density at radius 2 is 1.13 bits per heavy atom. The van der Waals surface area contributed by atoms with Crippen molar-refractivity contribution in [1.82, 2.24) is 36.6 Å². The molecular weight excluding hydrogens is 987 g/mol. The summed E-state index contributed by atoms with van der Waals surface area (Å²) in [5.41, 5.74) is 0.844. The molecule has 8 N–H and O–H groups in total. The maximum atomic E-state index is 12.6. The van der Waals surface area contributed by atoms with Crippen LogP contribution in [-0.4, -0.2) is 158 Å². The van der Waals surface area contributed by atoms with E-state index in [0.717, 1.165) is 50.6 Å². The quantitative estimate of drug-likeness (QED) is 0.0371. The number of ketones is 2. The number of amides is 5. The number of carboxylic acid groups (broad SMARTS) is 2. The highest BCUT2D eigenvalue weighted by Crippen LogP contribution is 2.17. The van der Waals surface area contributed by atoms with Crippen LogP contribution in [0.25, 0.3) is 0 Å². The fraction of sp³-hybridized carbons (Fsp3) is 0.778. The number of aromatic nitrogens is 2. The molecular formula is C54H97N7O15. The molecule has 1 heterocycles. The number of hydrogen-bond donors (Lipinski definition) is 8. The number of carbonyl (C=O) groups excluding carboxylic acids is 7. The van der Waals surface area contributed by atoms with E-state index in [1.807, 2.05) is 0 Å². The third-order valence-corrected chi connectivity index (χ3v) is 12.2. The molecule has 76 heavy (non-hydrogen) atoms. The predicted octanol–water partition coefficient (Wildman–Crippen LogP) is 5.54. The molecule has 0 unspecified atom stereocenters. The second-order valence-electron chi connectivity index (χ2n) is 18.9. The lowest BCUT2D eigenvalue weighted by Gasteiger charge is -2.17. The summed E-state index contributed by atoms with van der Waals surface area (Å²) in [6.45, 7) is 8.28. The van der Waals surface area contributed by atoms with Crippen molar-refractivity contribution in [2.45, 2.75) is 193 Å². The zero-order valence-corrected chi connectivity index (χ0v) is 46.3. The SMILES string of the molecule is CCC(=O)NCCOCCOCC(=O)NCCCC[C@H](CC(=O)[C@H](C)NC(=O)CCc1cnc[nH]1)C(C)=O.COCCOCCNC(=O)CC[C@H](NC(=O)CCCCCCCCCCCCCCCCC(=O)O)C(=O)O.[HH]. The summed E-state index contributed by atoms with van der Waals surface area (Å²) in [6.07, 6.45) is 22.4. The average molecular weight is 1080 g/mol. The topological polar surface area (TPSA) is 320 Å². The minimum atomic E-state index is -1.13. The highest BCUT2D eigenvalue weighted by molar-refractivity contribution is 5.92. The van der Waals surface area contributed by atoms with E-state index in [-0.39, 0.29) is 87.8 Å². The number of methoxy groups -OCH3 is 1. The normalized spacial score (nSPS) is 12.1. The summed E-state index contributed by atoms with van der Waals surface area (Å²) in [4.78, 5) is 112. The van der Waals surface area contributed by atoms with E-state index in [0.29, 0.717) is 91.2 Å². The lowest BCUT2D eigenvalue weighted by molar-refractivity contribution is -0.142. The number of aromatic amines is 1. The molecule has 22 heteroatoms. The van der Waals surface area contributed by atoms with Crippen LogP contribution in [0, 0.1) is 5.92 Å². The van der Waals surface area contributed by atoms with E-state index in [9.17, 15) is 48.3 Å². The fourth-order valence-corrected chi connectivity index (χ4v) is 7.58. The van der Waals surface area contributed by atoms with Gasteiger partial charge in [-0.25, -0.2) is 9.78 Å². The van der Waals surface area contributed by atoms with Gasteiger partial charge in [0.05, 0.1) is 52.0 Å². The molecule has 0 spiro atoms. The highest BCUT2D eigenvalue weighted by atomic mass is 16.5. The molecule has 3 atom stereocenters. The number of nitrogens with one attached hydrogen (secondary N) is 6. The Bertz CT molecular complexity index is 1740. The Morgan fingerprint density at radius 1 is 0.592 bits per heavy atom. The fourth-order valence-electron chi connectivity index (χ4n) is 7.58. The maximum Gasteiger partial charge on any atom is 0.326 e. The van der Waals surface area contributed by atoms with Gasteiger partial charge in [-0.3, -0.25) is 38.4 Å². The van der Waals surface area contributed by atoms with E-state index < -0.39 is 29.9 Å². The third-order valence-electron chi connectivity index (χ3n) is 12.2. The van der Waals surface area contributed by atoms with E-state index in [2.05, 4.69) is 36.6 Å². The lowest BCUT2D eigenvalue weighted by Crippen LogP contribution is -2.41. The van der Waals surface area contributed by atoms with Crippen molar-refractivity contribution in [1.29, 1.82) is 0 Å². The summed E-state index contributed by atoms with van der Waals surface area (Å²) in [5.74, 6) is -3.56. The molecule has 438 valence electrons. The van der Waals surface area contributed by atoms with Crippen LogP contribution in [0.15, 0.2) is 12.5 Å². The van der Waals surface area contributed by atoms with Crippen LogP contribution < -0.4 is 26.6 Å². The number of Topliss-reactive ketones (excluding diaryl/α,β-unsaturated/α-hetero) is 2. The third kappa shape index (κ3) is 44.9. The molecule has 1 rings (SSSR count). The van der Waals surface area contributed by atoms with Crippen LogP contribution in [0.5, 0.6) is 0 Å². The molecule has 0 aliphatic rings. The van der Waals surface area contributed by atoms with Gasteiger partial charge in [0.15, 0.2) is 5.78 Å². The molecule has 5 amide bonds. The molecule has 0 aliphatic heterocycles. The minimum Gasteiger partial charge on any atom is -0.481 e. The van der Waals surface area contributed by atoms with Crippen LogP contribution in [0.4, 0.5) is 0 Å². The zero-order chi connectivity index (χ0) is 56.4. The molecule has 0 saturated carbocycles. The first-order valence-electron chi connectivity index (χ1n) is 27.6. The standard InChI is InChI=1S/C28H52N2O8.C26H43N5O7.H2/c1-37-22-23-38-21-20-29-25(31)19-18-24(28(35)36)30-26(32)16-14-12-10-8-6-4-2-3-5-7-9-11-13-15-17-27(33)34;1-4-24(34)29-11-12-37-13-14-38-17-26(36)28-10-6-5-7-21(20(3)32)15-23(33)19(2)31-25(35)9-8-22-16-27-18-30-22;/h24H,2-23H2,1H3,(H,29,31)(H,30,32)(H,33,34)(H,35,36);16,18-19,21H,4-15,17H2,1-3H3,(H,27,30)(H,28,36)(H,29,34)(H,31,35);1H/t24-;19-,21+;/m00./s1. The second kappa shape index (κ2) is 49.3. The summed E-state index contributed by atoms with van der Waals surface area (Å²) < 4.78 is 20.7. The zero-order valence-electron chi connectivity index (χ0n) is 46.3.